The van der Waals surface area contributed by atoms with E-state index in [0.29, 0.717) is 6.54 Å². The first-order valence-electron chi connectivity index (χ1n) is 4.89. The van der Waals surface area contributed by atoms with Crippen LogP contribution in [0.5, 0.6) is 0 Å². The van der Waals surface area contributed by atoms with Crippen molar-refractivity contribution in [3.05, 3.63) is 34.9 Å². The molecule has 84 valence electrons. The summed E-state index contributed by atoms with van der Waals surface area (Å²) in [5, 5.41) is 10.1. The maximum Gasteiger partial charge on any atom is 0.0547 e. The summed E-state index contributed by atoms with van der Waals surface area (Å²) in [5.41, 5.74) is 6.76. The summed E-state index contributed by atoms with van der Waals surface area (Å²) >= 11 is 7.75. The van der Waals surface area contributed by atoms with Crippen LogP contribution in [0.15, 0.2) is 24.3 Å². The lowest BCUT2D eigenvalue weighted by molar-refractivity contribution is 0.300. The molecule has 0 aliphatic rings. The summed E-state index contributed by atoms with van der Waals surface area (Å²) in [7, 11) is 0. The summed E-state index contributed by atoms with van der Waals surface area (Å²) in [6.45, 7) is 2.66. The summed E-state index contributed by atoms with van der Waals surface area (Å²) < 4.78 is 0. The standard InChI is InChI=1S/C11H16ClNOS/c1-8(7-14)15-11(6-13)9-4-2-3-5-10(9)12/h2-5,8,11,14H,6-7,13H2,1H3. The van der Waals surface area contributed by atoms with Crippen LogP contribution in [-0.4, -0.2) is 23.5 Å². The van der Waals surface area contributed by atoms with Gasteiger partial charge in [0.1, 0.15) is 0 Å². The number of aliphatic hydroxyl groups excluding tert-OH is 1. The second-order valence-electron chi connectivity index (χ2n) is 3.38. The molecule has 1 aromatic rings. The monoisotopic (exact) mass is 245 g/mol. The minimum atomic E-state index is 0.154. The van der Waals surface area contributed by atoms with Crippen molar-refractivity contribution in [2.75, 3.05) is 13.2 Å². The molecule has 0 radical (unpaired) electrons. The topological polar surface area (TPSA) is 46.2 Å². The van der Waals surface area contributed by atoms with Crippen molar-refractivity contribution >= 4 is 23.4 Å². The van der Waals surface area contributed by atoms with Crippen molar-refractivity contribution in [2.45, 2.75) is 17.4 Å². The number of halogens is 1. The highest BCUT2D eigenvalue weighted by molar-refractivity contribution is 8.00. The first kappa shape index (κ1) is 12.8. The maximum atomic E-state index is 9.00. The van der Waals surface area contributed by atoms with E-state index in [-0.39, 0.29) is 17.1 Å². The third-order valence-electron chi connectivity index (χ3n) is 2.12. The van der Waals surface area contributed by atoms with Crippen molar-refractivity contribution in [2.24, 2.45) is 5.73 Å². The summed E-state index contributed by atoms with van der Waals surface area (Å²) in [5.74, 6) is 0. The Hall–Kier alpha value is -0.220. The molecule has 0 saturated carbocycles. The molecule has 0 aromatic heterocycles. The predicted octanol–water partition coefficient (Wildman–Crippen LogP) is 2.45. The van der Waals surface area contributed by atoms with E-state index in [9.17, 15) is 0 Å². The number of thioether (sulfide) groups is 1. The Morgan fingerprint density at radius 1 is 1.47 bits per heavy atom. The van der Waals surface area contributed by atoms with Crippen LogP contribution in [0.25, 0.3) is 0 Å². The zero-order valence-electron chi connectivity index (χ0n) is 8.69. The lowest BCUT2D eigenvalue weighted by Crippen LogP contribution is -2.14. The second-order valence-corrected chi connectivity index (χ2v) is 5.43. The van der Waals surface area contributed by atoms with Gasteiger partial charge in [-0.05, 0) is 11.6 Å². The molecule has 2 unspecified atom stereocenters. The molecule has 15 heavy (non-hydrogen) atoms. The summed E-state index contributed by atoms with van der Waals surface area (Å²) in [4.78, 5) is 0. The van der Waals surface area contributed by atoms with Crippen LogP contribution in [0.3, 0.4) is 0 Å². The Morgan fingerprint density at radius 2 is 2.13 bits per heavy atom. The highest BCUT2D eigenvalue weighted by Crippen LogP contribution is 2.34. The summed E-state index contributed by atoms with van der Waals surface area (Å²) in [6.07, 6.45) is 0. The van der Waals surface area contributed by atoms with Crippen molar-refractivity contribution in [3.63, 3.8) is 0 Å². The normalized spacial score (nSPS) is 14.9. The van der Waals surface area contributed by atoms with E-state index >= 15 is 0 Å². The van der Waals surface area contributed by atoms with Crippen LogP contribution in [0.4, 0.5) is 0 Å². The molecule has 1 aromatic carbocycles. The Balaban J connectivity index is 2.78. The van der Waals surface area contributed by atoms with Crippen LogP contribution in [0.2, 0.25) is 5.02 Å². The molecule has 0 amide bonds. The molecule has 4 heteroatoms. The molecular weight excluding hydrogens is 230 g/mol. The molecular formula is C11H16ClNOS. The molecule has 0 saturated heterocycles. The van der Waals surface area contributed by atoms with Crippen LogP contribution in [-0.2, 0) is 0 Å². The molecule has 0 bridgehead atoms. The molecule has 0 fully saturated rings. The van der Waals surface area contributed by atoms with E-state index in [4.69, 9.17) is 22.4 Å². The van der Waals surface area contributed by atoms with Gasteiger partial charge in [0, 0.05) is 22.1 Å². The Labute approximate surface area is 99.8 Å². The SMILES string of the molecule is CC(CO)SC(CN)c1ccccc1Cl. The van der Waals surface area contributed by atoms with Crippen molar-refractivity contribution < 1.29 is 5.11 Å². The Bertz CT molecular complexity index is 308. The lowest BCUT2D eigenvalue weighted by Gasteiger charge is -2.19. The molecule has 0 aliphatic carbocycles. The average molecular weight is 246 g/mol. The van der Waals surface area contributed by atoms with Crippen molar-refractivity contribution in [3.8, 4) is 0 Å². The number of hydrogen-bond donors (Lipinski definition) is 2. The first-order chi connectivity index (χ1) is 7.19. The zero-order valence-corrected chi connectivity index (χ0v) is 10.3. The molecule has 0 spiro atoms. The van der Waals surface area contributed by atoms with Crippen molar-refractivity contribution in [1.29, 1.82) is 0 Å². The molecule has 0 heterocycles. The van der Waals surface area contributed by atoms with Crippen molar-refractivity contribution in [1.82, 2.24) is 0 Å². The smallest absolute Gasteiger partial charge is 0.0547 e. The van der Waals surface area contributed by atoms with E-state index in [2.05, 4.69) is 0 Å². The quantitative estimate of drug-likeness (QED) is 0.838. The van der Waals surface area contributed by atoms with Gasteiger partial charge >= 0.3 is 0 Å². The molecule has 2 atom stereocenters. The minimum absolute atomic E-state index is 0.154. The van der Waals surface area contributed by atoms with E-state index in [1.54, 1.807) is 11.8 Å². The highest BCUT2D eigenvalue weighted by Gasteiger charge is 2.16. The van der Waals surface area contributed by atoms with Crippen LogP contribution < -0.4 is 5.73 Å². The van der Waals surface area contributed by atoms with Gasteiger partial charge in [-0.15, -0.1) is 11.8 Å². The predicted molar refractivity (Wildman–Crippen MR) is 67.4 cm³/mol. The van der Waals surface area contributed by atoms with E-state index in [1.807, 2.05) is 31.2 Å². The number of hydrogen-bond acceptors (Lipinski definition) is 3. The highest BCUT2D eigenvalue weighted by atomic mass is 35.5. The molecule has 2 nitrogen and oxygen atoms in total. The number of rotatable bonds is 5. The molecule has 3 N–H and O–H groups in total. The van der Waals surface area contributed by atoms with Gasteiger partial charge in [0.2, 0.25) is 0 Å². The van der Waals surface area contributed by atoms with Gasteiger partial charge in [0.05, 0.1) is 6.61 Å². The Morgan fingerprint density at radius 3 is 2.67 bits per heavy atom. The van der Waals surface area contributed by atoms with Crippen LogP contribution in [0, 0.1) is 0 Å². The van der Waals surface area contributed by atoms with Gasteiger partial charge in [-0.3, -0.25) is 0 Å². The van der Waals surface area contributed by atoms with Crippen LogP contribution >= 0.6 is 23.4 Å². The zero-order chi connectivity index (χ0) is 11.3. The fourth-order valence-electron chi connectivity index (χ4n) is 1.32. The first-order valence-corrected chi connectivity index (χ1v) is 6.22. The van der Waals surface area contributed by atoms with Gasteiger partial charge in [0.15, 0.2) is 0 Å². The van der Waals surface area contributed by atoms with E-state index < -0.39 is 0 Å². The fraction of sp³-hybridized carbons (Fsp3) is 0.455. The van der Waals surface area contributed by atoms with Gasteiger partial charge in [-0.1, -0.05) is 36.7 Å². The van der Waals surface area contributed by atoms with Gasteiger partial charge < -0.3 is 10.8 Å². The third-order valence-corrected chi connectivity index (χ3v) is 3.85. The molecule has 1 rings (SSSR count). The number of aliphatic hydroxyl groups is 1. The average Bonchev–Trinajstić information content (AvgIpc) is 2.26. The minimum Gasteiger partial charge on any atom is -0.395 e. The fourth-order valence-corrected chi connectivity index (χ4v) is 2.76. The third kappa shape index (κ3) is 3.68. The second kappa shape index (κ2) is 6.38. The lowest BCUT2D eigenvalue weighted by atomic mass is 10.1. The summed E-state index contributed by atoms with van der Waals surface area (Å²) in [6, 6.07) is 7.70. The van der Waals surface area contributed by atoms with E-state index in [1.165, 1.54) is 0 Å². The Kier molecular flexibility index (Phi) is 5.47. The molecule has 0 aliphatic heterocycles. The van der Waals surface area contributed by atoms with E-state index in [0.717, 1.165) is 10.6 Å². The largest absolute Gasteiger partial charge is 0.395 e. The van der Waals surface area contributed by atoms with Gasteiger partial charge in [-0.25, -0.2) is 0 Å². The van der Waals surface area contributed by atoms with Gasteiger partial charge in [-0.2, -0.15) is 0 Å². The van der Waals surface area contributed by atoms with Crippen LogP contribution in [0.1, 0.15) is 17.7 Å². The maximum absolute atomic E-state index is 9.00. The number of nitrogens with two attached hydrogens (primary N) is 1. The number of benzene rings is 1. The van der Waals surface area contributed by atoms with Gasteiger partial charge in [0.25, 0.3) is 0 Å².